The number of carbonyl (C=O) groups is 1. The number of hydrogen-bond acceptors (Lipinski definition) is 7. The molecule has 0 bridgehead atoms. The Balaban J connectivity index is 1.62. The van der Waals surface area contributed by atoms with Crippen LogP contribution in [0.2, 0.25) is 0 Å². The van der Waals surface area contributed by atoms with E-state index in [2.05, 4.69) is 23.6 Å². The minimum absolute atomic E-state index is 0.0113. The molecule has 0 spiro atoms. The van der Waals surface area contributed by atoms with Gasteiger partial charge in [0.1, 0.15) is 5.75 Å². The number of rotatable bonds is 9. The molecule has 1 heterocycles. The van der Waals surface area contributed by atoms with E-state index in [1.54, 1.807) is 41.3 Å². The Bertz CT molecular complexity index is 1320. The van der Waals surface area contributed by atoms with Gasteiger partial charge in [-0.15, -0.1) is 0 Å². The molecule has 2 aromatic carbocycles. The predicted molar refractivity (Wildman–Crippen MR) is 178 cm³/mol. The summed E-state index contributed by atoms with van der Waals surface area (Å²) in [6.45, 7) is 8.54. The molecule has 4 atom stereocenters. The number of fused-ring (bicyclic) bond motifs is 1. The SMILES string of the molecule is C[C@@H]1CCCCO[C@@H](CN(C)CC2CCCCC2)[C@H](C)CN([C@@H](C)CO)C(=O)c2cc(NS(=O)(=O)c3ccccc3)ccc2O1. The van der Waals surface area contributed by atoms with E-state index in [0.29, 0.717) is 18.9 Å². The molecule has 1 aliphatic heterocycles. The van der Waals surface area contributed by atoms with Crippen LogP contribution in [0, 0.1) is 11.8 Å². The lowest BCUT2D eigenvalue weighted by Gasteiger charge is -2.36. The summed E-state index contributed by atoms with van der Waals surface area (Å²) in [5, 5.41) is 10.2. The van der Waals surface area contributed by atoms with Crippen molar-refractivity contribution in [1.29, 1.82) is 0 Å². The molecular formula is C35H53N3O6S. The zero-order valence-corrected chi connectivity index (χ0v) is 28.3. The van der Waals surface area contributed by atoms with Crippen molar-refractivity contribution in [3.8, 4) is 5.75 Å². The third-order valence-corrected chi connectivity index (χ3v) is 10.5. The Hall–Kier alpha value is -2.66. The number of nitrogens with one attached hydrogen (secondary N) is 1. The summed E-state index contributed by atoms with van der Waals surface area (Å²) >= 11 is 0. The van der Waals surface area contributed by atoms with Gasteiger partial charge in [0.15, 0.2) is 0 Å². The van der Waals surface area contributed by atoms with Gasteiger partial charge in [-0.25, -0.2) is 8.42 Å². The number of carbonyl (C=O) groups excluding carboxylic acids is 1. The molecule has 2 aromatic rings. The first-order chi connectivity index (χ1) is 21.6. The van der Waals surface area contributed by atoms with E-state index >= 15 is 0 Å². The quantitative estimate of drug-likeness (QED) is 0.356. The van der Waals surface area contributed by atoms with E-state index < -0.39 is 16.1 Å². The average Bonchev–Trinajstić information content (AvgIpc) is 3.03. The highest BCUT2D eigenvalue weighted by molar-refractivity contribution is 7.92. The average molecular weight is 644 g/mol. The molecule has 2 aliphatic rings. The Kier molecular flexibility index (Phi) is 13.1. The summed E-state index contributed by atoms with van der Waals surface area (Å²) < 4.78 is 41.6. The lowest BCUT2D eigenvalue weighted by Crippen LogP contribution is -2.47. The van der Waals surface area contributed by atoms with Crippen molar-refractivity contribution in [2.24, 2.45) is 11.8 Å². The molecule has 1 amide bonds. The molecule has 250 valence electrons. The monoisotopic (exact) mass is 643 g/mol. The summed E-state index contributed by atoms with van der Waals surface area (Å²) in [6, 6.07) is 12.5. The lowest BCUT2D eigenvalue weighted by atomic mass is 9.89. The maximum absolute atomic E-state index is 14.3. The number of ether oxygens (including phenoxy) is 2. The molecule has 10 heteroatoms. The summed E-state index contributed by atoms with van der Waals surface area (Å²) in [4.78, 5) is 18.5. The van der Waals surface area contributed by atoms with E-state index in [-0.39, 0.29) is 46.8 Å². The standard InChI is InChI=1S/C35H53N3O6S/c1-26-22-38(27(2)25-39)35(40)32-21-30(36-45(41,42)31-16-9-6-10-17-31)18-19-33(32)44-28(3)13-11-12-20-43-34(26)24-37(4)23-29-14-7-5-8-15-29/h6,9-10,16-19,21,26-29,34,36,39H,5,7-8,11-15,20,22-25H2,1-4H3/t26-,27+,28-,34+/m1/s1. The number of sulfonamides is 1. The highest BCUT2D eigenvalue weighted by Crippen LogP contribution is 2.30. The van der Waals surface area contributed by atoms with E-state index in [1.165, 1.54) is 44.2 Å². The first kappa shape index (κ1) is 35.2. The van der Waals surface area contributed by atoms with Gasteiger partial charge < -0.3 is 24.4 Å². The molecule has 0 saturated heterocycles. The number of anilines is 1. The van der Waals surface area contributed by atoms with Crippen molar-refractivity contribution in [2.45, 2.75) is 95.3 Å². The molecule has 1 aliphatic carbocycles. The van der Waals surface area contributed by atoms with Crippen LogP contribution in [0.25, 0.3) is 0 Å². The number of likely N-dealkylation sites (N-methyl/N-ethyl adjacent to an activating group) is 1. The number of nitrogens with zero attached hydrogens (tertiary/aromatic N) is 2. The molecule has 9 nitrogen and oxygen atoms in total. The van der Waals surface area contributed by atoms with Crippen molar-refractivity contribution in [3.63, 3.8) is 0 Å². The normalized spacial score (nSPS) is 23.6. The topological polar surface area (TPSA) is 108 Å². The third-order valence-electron chi connectivity index (χ3n) is 9.14. The number of amides is 1. The van der Waals surface area contributed by atoms with Gasteiger partial charge in [0.2, 0.25) is 0 Å². The molecule has 0 radical (unpaired) electrons. The minimum Gasteiger partial charge on any atom is -0.490 e. The van der Waals surface area contributed by atoms with Gasteiger partial charge in [-0.3, -0.25) is 9.52 Å². The summed E-state index contributed by atoms with van der Waals surface area (Å²) in [5.41, 5.74) is 0.519. The van der Waals surface area contributed by atoms with Crippen LogP contribution in [-0.2, 0) is 14.8 Å². The van der Waals surface area contributed by atoms with Crippen molar-refractivity contribution >= 4 is 21.6 Å². The van der Waals surface area contributed by atoms with Gasteiger partial charge in [-0.1, -0.05) is 44.4 Å². The molecule has 2 N–H and O–H groups in total. The molecule has 45 heavy (non-hydrogen) atoms. The Morgan fingerprint density at radius 1 is 1.00 bits per heavy atom. The molecule has 1 fully saturated rings. The summed E-state index contributed by atoms with van der Waals surface area (Å²) in [6.07, 6.45) is 8.90. The van der Waals surface area contributed by atoms with Crippen LogP contribution in [0.5, 0.6) is 5.75 Å². The van der Waals surface area contributed by atoms with E-state index in [9.17, 15) is 18.3 Å². The highest BCUT2D eigenvalue weighted by atomic mass is 32.2. The van der Waals surface area contributed by atoms with Crippen LogP contribution in [0.1, 0.15) is 82.5 Å². The van der Waals surface area contributed by atoms with E-state index in [4.69, 9.17) is 9.47 Å². The molecular weight excluding hydrogens is 590 g/mol. The second kappa shape index (κ2) is 16.8. The van der Waals surface area contributed by atoms with Crippen LogP contribution in [0.3, 0.4) is 0 Å². The largest absolute Gasteiger partial charge is 0.490 e. The second-order valence-corrected chi connectivity index (χ2v) is 14.8. The maximum Gasteiger partial charge on any atom is 0.261 e. The fourth-order valence-electron chi connectivity index (χ4n) is 6.45. The van der Waals surface area contributed by atoms with Crippen molar-refractivity contribution in [2.75, 3.05) is 44.6 Å². The Labute approximate surface area is 270 Å². The van der Waals surface area contributed by atoms with Crippen LogP contribution in [0.15, 0.2) is 53.4 Å². The Morgan fingerprint density at radius 3 is 2.42 bits per heavy atom. The van der Waals surface area contributed by atoms with E-state index in [1.807, 2.05) is 13.8 Å². The molecule has 4 rings (SSSR count). The van der Waals surface area contributed by atoms with E-state index in [0.717, 1.165) is 38.3 Å². The summed E-state index contributed by atoms with van der Waals surface area (Å²) in [5.74, 6) is 0.784. The fourth-order valence-corrected chi connectivity index (χ4v) is 7.53. The maximum atomic E-state index is 14.3. The van der Waals surface area contributed by atoms with Gasteiger partial charge in [0.05, 0.1) is 35.3 Å². The number of hydrogen-bond donors (Lipinski definition) is 2. The number of aliphatic hydroxyl groups excluding tert-OH is 1. The zero-order chi connectivity index (χ0) is 32.4. The zero-order valence-electron chi connectivity index (χ0n) is 27.5. The van der Waals surface area contributed by atoms with Crippen LogP contribution < -0.4 is 9.46 Å². The third kappa shape index (κ3) is 10.2. The van der Waals surface area contributed by atoms with Crippen molar-refractivity contribution < 1.29 is 27.8 Å². The second-order valence-electron chi connectivity index (χ2n) is 13.2. The van der Waals surface area contributed by atoms with Crippen LogP contribution in [-0.4, -0.2) is 87.4 Å². The molecule has 1 saturated carbocycles. The lowest BCUT2D eigenvalue weighted by molar-refractivity contribution is -0.0190. The van der Waals surface area contributed by atoms with Crippen molar-refractivity contribution in [1.82, 2.24) is 9.80 Å². The first-order valence-corrected chi connectivity index (χ1v) is 18.2. The Morgan fingerprint density at radius 2 is 1.71 bits per heavy atom. The molecule has 0 aromatic heterocycles. The van der Waals surface area contributed by atoms with Gasteiger partial charge in [-0.05, 0) is 89.2 Å². The number of benzene rings is 2. The van der Waals surface area contributed by atoms with Crippen LogP contribution >= 0.6 is 0 Å². The fraction of sp³-hybridized carbons (Fsp3) is 0.629. The van der Waals surface area contributed by atoms with Gasteiger partial charge in [0.25, 0.3) is 15.9 Å². The molecule has 0 unspecified atom stereocenters. The highest BCUT2D eigenvalue weighted by Gasteiger charge is 2.31. The summed E-state index contributed by atoms with van der Waals surface area (Å²) in [7, 11) is -1.70. The minimum atomic E-state index is -3.87. The van der Waals surface area contributed by atoms with Gasteiger partial charge >= 0.3 is 0 Å². The van der Waals surface area contributed by atoms with Crippen LogP contribution in [0.4, 0.5) is 5.69 Å². The first-order valence-electron chi connectivity index (χ1n) is 16.7. The van der Waals surface area contributed by atoms with Crippen molar-refractivity contribution in [3.05, 3.63) is 54.1 Å². The van der Waals surface area contributed by atoms with Gasteiger partial charge in [0, 0.05) is 37.8 Å². The number of aliphatic hydroxyl groups is 1. The van der Waals surface area contributed by atoms with Gasteiger partial charge in [-0.2, -0.15) is 0 Å². The smallest absolute Gasteiger partial charge is 0.261 e. The predicted octanol–water partition coefficient (Wildman–Crippen LogP) is 5.80.